The second-order valence-corrected chi connectivity index (χ2v) is 7.27. The second kappa shape index (κ2) is 9.01. The van der Waals surface area contributed by atoms with E-state index in [1.165, 1.54) is 11.3 Å². The van der Waals surface area contributed by atoms with Crippen molar-refractivity contribution >= 4 is 28.2 Å². The number of carbonyl (C=O) groups excluding carboxylic acids is 2. The molecule has 0 unspecified atom stereocenters. The molecule has 1 N–H and O–H groups in total. The van der Waals surface area contributed by atoms with Crippen molar-refractivity contribution in [2.24, 2.45) is 0 Å². The van der Waals surface area contributed by atoms with Gasteiger partial charge in [-0.15, -0.1) is 11.3 Å². The van der Waals surface area contributed by atoms with Crippen molar-refractivity contribution < 1.29 is 19.1 Å². The lowest BCUT2D eigenvalue weighted by molar-refractivity contribution is -0.128. The highest BCUT2D eigenvalue weighted by molar-refractivity contribution is 7.18. The standard InChI is InChI=1S/C20H24N2O4S/c1-3-21-18(23)14(2)26-20(24)17-13-16(15-7-5-4-6-8-15)19(27-17)22-9-11-25-12-10-22/h4-8,13-14H,3,9-12H2,1-2H3,(H,21,23)/t14-/m1/s1. The number of likely N-dealkylation sites (N-methyl/N-ethyl adjacent to an activating group) is 1. The van der Waals surface area contributed by atoms with Crippen LogP contribution < -0.4 is 10.2 Å². The maximum absolute atomic E-state index is 12.6. The molecule has 1 aliphatic rings. The monoisotopic (exact) mass is 388 g/mol. The van der Waals surface area contributed by atoms with Crippen LogP contribution in [-0.2, 0) is 14.3 Å². The molecular formula is C20H24N2O4S. The summed E-state index contributed by atoms with van der Waals surface area (Å²) in [5, 5.41) is 3.69. The molecule has 0 spiro atoms. The lowest BCUT2D eigenvalue weighted by atomic mass is 10.1. The number of hydrogen-bond donors (Lipinski definition) is 1. The number of esters is 1. The van der Waals surface area contributed by atoms with Crippen molar-refractivity contribution in [3.63, 3.8) is 0 Å². The molecule has 144 valence electrons. The quantitative estimate of drug-likeness (QED) is 0.771. The number of morpholine rings is 1. The number of rotatable bonds is 6. The van der Waals surface area contributed by atoms with Gasteiger partial charge in [-0.3, -0.25) is 4.79 Å². The van der Waals surface area contributed by atoms with Crippen LogP contribution >= 0.6 is 11.3 Å². The molecular weight excluding hydrogens is 364 g/mol. The van der Waals surface area contributed by atoms with Gasteiger partial charge in [-0.1, -0.05) is 30.3 Å². The maximum Gasteiger partial charge on any atom is 0.349 e. The topological polar surface area (TPSA) is 67.9 Å². The van der Waals surface area contributed by atoms with E-state index in [-0.39, 0.29) is 5.91 Å². The summed E-state index contributed by atoms with van der Waals surface area (Å²) in [7, 11) is 0. The van der Waals surface area contributed by atoms with Crippen molar-refractivity contribution in [3.05, 3.63) is 41.3 Å². The molecule has 6 nitrogen and oxygen atoms in total. The van der Waals surface area contributed by atoms with Crippen LogP contribution in [0, 0.1) is 0 Å². The van der Waals surface area contributed by atoms with E-state index in [0.717, 1.165) is 29.2 Å². The third-order valence-electron chi connectivity index (χ3n) is 4.30. The van der Waals surface area contributed by atoms with Crippen molar-refractivity contribution in [1.82, 2.24) is 5.32 Å². The largest absolute Gasteiger partial charge is 0.448 e. The first-order chi connectivity index (χ1) is 13.1. The number of benzene rings is 1. The third-order valence-corrected chi connectivity index (χ3v) is 5.48. The Morgan fingerprint density at radius 3 is 2.63 bits per heavy atom. The first-order valence-electron chi connectivity index (χ1n) is 9.10. The SMILES string of the molecule is CCNC(=O)[C@@H](C)OC(=O)c1cc(-c2ccccc2)c(N2CCOCC2)s1. The fourth-order valence-electron chi connectivity index (χ4n) is 2.90. The van der Waals surface area contributed by atoms with Crippen LogP contribution in [0.5, 0.6) is 0 Å². The third kappa shape index (κ3) is 4.67. The Bertz CT molecular complexity index is 785. The normalized spacial score (nSPS) is 15.3. The molecule has 0 radical (unpaired) electrons. The summed E-state index contributed by atoms with van der Waals surface area (Å²) in [4.78, 5) is 27.2. The van der Waals surface area contributed by atoms with Gasteiger partial charge in [0.2, 0.25) is 0 Å². The number of hydrogen-bond acceptors (Lipinski definition) is 6. The number of carbonyl (C=O) groups is 2. The van der Waals surface area contributed by atoms with Crippen LogP contribution in [0.2, 0.25) is 0 Å². The average molecular weight is 388 g/mol. The minimum Gasteiger partial charge on any atom is -0.448 e. The number of nitrogens with one attached hydrogen (secondary N) is 1. The molecule has 0 aliphatic carbocycles. The van der Waals surface area contributed by atoms with Gasteiger partial charge in [0, 0.05) is 25.2 Å². The number of thiophene rings is 1. The Kier molecular flexibility index (Phi) is 6.47. The van der Waals surface area contributed by atoms with E-state index in [4.69, 9.17) is 9.47 Å². The van der Waals surface area contributed by atoms with Gasteiger partial charge in [0.05, 0.1) is 18.2 Å². The number of amides is 1. The Hall–Kier alpha value is -2.38. The summed E-state index contributed by atoms with van der Waals surface area (Å²) in [6, 6.07) is 11.8. The lowest BCUT2D eigenvalue weighted by Crippen LogP contribution is -2.36. The van der Waals surface area contributed by atoms with E-state index in [1.807, 2.05) is 43.3 Å². The predicted molar refractivity (Wildman–Crippen MR) is 106 cm³/mol. The molecule has 0 saturated carbocycles. The smallest absolute Gasteiger partial charge is 0.349 e. The molecule has 2 aromatic rings. The van der Waals surface area contributed by atoms with Gasteiger partial charge in [0.1, 0.15) is 4.88 Å². The zero-order chi connectivity index (χ0) is 19.2. The number of nitrogens with zero attached hydrogens (tertiary/aromatic N) is 1. The highest BCUT2D eigenvalue weighted by Gasteiger charge is 2.24. The second-order valence-electron chi connectivity index (χ2n) is 6.24. The minimum absolute atomic E-state index is 0.293. The molecule has 0 bridgehead atoms. The number of ether oxygens (including phenoxy) is 2. The van der Waals surface area contributed by atoms with Crippen LogP contribution in [0.25, 0.3) is 11.1 Å². The molecule has 2 heterocycles. The zero-order valence-electron chi connectivity index (χ0n) is 15.6. The molecule has 1 aliphatic heterocycles. The summed E-state index contributed by atoms with van der Waals surface area (Å²) in [6.45, 7) is 6.80. The highest BCUT2D eigenvalue weighted by Crippen LogP contribution is 2.39. The maximum atomic E-state index is 12.6. The highest BCUT2D eigenvalue weighted by atomic mass is 32.1. The van der Waals surface area contributed by atoms with Crippen LogP contribution in [0.4, 0.5) is 5.00 Å². The van der Waals surface area contributed by atoms with E-state index in [0.29, 0.717) is 24.6 Å². The molecule has 27 heavy (non-hydrogen) atoms. The molecule has 1 amide bonds. The van der Waals surface area contributed by atoms with E-state index in [2.05, 4.69) is 10.2 Å². The van der Waals surface area contributed by atoms with E-state index in [9.17, 15) is 9.59 Å². The van der Waals surface area contributed by atoms with Crippen LogP contribution in [0.1, 0.15) is 23.5 Å². The van der Waals surface area contributed by atoms with Crippen LogP contribution in [0.3, 0.4) is 0 Å². The van der Waals surface area contributed by atoms with Gasteiger partial charge >= 0.3 is 5.97 Å². The van der Waals surface area contributed by atoms with Gasteiger partial charge in [-0.2, -0.15) is 0 Å². The minimum atomic E-state index is -0.827. The van der Waals surface area contributed by atoms with Crippen molar-refractivity contribution in [3.8, 4) is 11.1 Å². The molecule has 1 atom stereocenters. The lowest BCUT2D eigenvalue weighted by Gasteiger charge is -2.28. The average Bonchev–Trinajstić information content (AvgIpc) is 3.15. The van der Waals surface area contributed by atoms with E-state index >= 15 is 0 Å². The molecule has 1 fully saturated rings. The van der Waals surface area contributed by atoms with E-state index in [1.54, 1.807) is 6.92 Å². The summed E-state index contributed by atoms with van der Waals surface area (Å²) < 4.78 is 10.8. The summed E-state index contributed by atoms with van der Waals surface area (Å²) in [5.41, 5.74) is 2.05. The first kappa shape index (κ1) is 19.4. The number of anilines is 1. The van der Waals surface area contributed by atoms with Gasteiger partial charge in [-0.25, -0.2) is 4.79 Å². The molecule has 1 aromatic carbocycles. The predicted octanol–water partition coefficient (Wildman–Crippen LogP) is 2.93. The van der Waals surface area contributed by atoms with Crippen molar-refractivity contribution in [2.75, 3.05) is 37.7 Å². The van der Waals surface area contributed by atoms with Crippen LogP contribution in [0.15, 0.2) is 36.4 Å². The Balaban J connectivity index is 1.86. The van der Waals surface area contributed by atoms with E-state index < -0.39 is 12.1 Å². The molecule has 7 heteroatoms. The van der Waals surface area contributed by atoms with Gasteiger partial charge in [-0.05, 0) is 25.5 Å². The van der Waals surface area contributed by atoms with Crippen LogP contribution in [-0.4, -0.2) is 50.8 Å². The van der Waals surface area contributed by atoms with Gasteiger partial charge in [0.25, 0.3) is 5.91 Å². The molecule has 3 rings (SSSR count). The van der Waals surface area contributed by atoms with Crippen molar-refractivity contribution in [1.29, 1.82) is 0 Å². The van der Waals surface area contributed by atoms with Gasteiger partial charge in [0.15, 0.2) is 6.10 Å². The zero-order valence-corrected chi connectivity index (χ0v) is 16.4. The molecule has 1 saturated heterocycles. The Morgan fingerprint density at radius 2 is 1.96 bits per heavy atom. The fraction of sp³-hybridized carbons (Fsp3) is 0.400. The summed E-state index contributed by atoms with van der Waals surface area (Å²) in [5.74, 6) is -0.769. The van der Waals surface area contributed by atoms with Crippen molar-refractivity contribution in [2.45, 2.75) is 20.0 Å². The summed E-state index contributed by atoms with van der Waals surface area (Å²) in [6.07, 6.45) is -0.827. The first-order valence-corrected chi connectivity index (χ1v) is 9.92. The Labute approximate surface area is 163 Å². The van der Waals surface area contributed by atoms with Gasteiger partial charge < -0.3 is 19.7 Å². The molecule has 1 aromatic heterocycles. The Morgan fingerprint density at radius 1 is 1.26 bits per heavy atom. The fourth-order valence-corrected chi connectivity index (χ4v) is 4.01. The summed E-state index contributed by atoms with van der Waals surface area (Å²) >= 11 is 1.40.